The van der Waals surface area contributed by atoms with Crippen molar-refractivity contribution in [3.8, 4) is 0 Å². The molecule has 0 amide bonds. The number of methoxy groups -OCH3 is 1. The predicted octanol–water partition coefficient (Wildman–Crippen LogP) is 2.90. The summed E-state index contributed by atoms with van der Waals surface area (Å²) in [6.07, 6.45) is 2.60. The van der Waals surface area contributed by atoms with E-state index < -0.39 is 0 Å². The van der Waals surface area contributed by atoms with Crippen molar-refractivity contribution >= 4 is 15.9 Å². The molecule has 0 bridgehead atoms. The molecular formula is C16H25BrN2O. The van der Waals surface area contributed by atoms with Gasteiger partial charge in [0, 0.05) is 24.7 Å². The lowest BCUT2D eigenvalue weighted by Gasteiger charge is -2.32. The molecule has 0 spiro atoms. The van der Waals surface area contributed by atoms with Gasteiger partial charge in [-0.15, -0.1) is 0 Å². The van der Waals surface area contributed by atoms with E-state index in [9.17, 15) is 0 Å². The molecule has 1 aliphatic heterocycles. The molecule has 1 aliphatic rings. The Balaban J connectivity index is 1.65. The molecule has 2 rings (SSSR count). The summed E-state index contributed by atoms with van der Waals surface area (Å²) < 4.78 is 6.20. The molecule has 112 valence electrons. The highest BCUT2D eigenvalue weighted by Gasteiger charge is 2.18. The van der Waals surface area contributed by atoms with Crippen molar-refractivity contribution < 1.29 is 4.74 Å². The summed E-state index contributed by atoms with van der Waals surface area (Å²) >= 11 is 3.48. The van der Waals surface area contributed by atoms with Crippen LogP contribution in [0.2, 0.25) is 0 Å². The van der Waals surface area contributed by atoms with Gasteiger partial charge < -0.3 is 10.1 Å². The van der Waals surface area contributed by atoms with Crippen LogP contribution in [0.5, 0.6) is 0 Å². The second kappa shape index (κ2) is 8.78. The van der Waals surface area contributed by atoms with Crippen LogP contribution in [0, 0.1) is 5.92 Å². The zero-order valence-electron chi connectivity index (χ0n) is 12.3. The fourth-order valence-electron chi connectivity index (χ4n) is 2.68. The maximum Gasteiger partial charge on any atom is 0.0587 e. The molecule has 20 heavy (non-hydrogen) atoms. The first-order valence-corrected chi connectivity index (χ1v) is 8.23. The zero-order valence-corrected chi connectivity index (χ0v) is 13.9. The number of likely N-dealkylation sites (tertiary alicyclic amines) is 1. The number of rotatable bonds is 7. The van der Waals surface area contributed by atoms with Gasteiger partial charge in [-0.1, -0.05) is 28.1 Å². The van der Waals surface area contributed by atoms with Crippen molar-refractivity contribution in [3.63, 3.8) is 0 Å². The van der Waals surface area contributed by atoms with E-state index >= 15 is 0 Å². The molecule has 1 aromatic carbocycles. The normalized spacial score (nSPS) is 17.5. The SMILES string of the molecule is COCCNCC1CCN(Cc2ccc(Br)cc2)CC1. The van der Waals surface area contributed by atoms with E-state index in [1.807, 2.05) is 0 Å². The van der Waals surface area contributed by atoms with Gasteiger partial charge in [0.1, 0.15) is 0 Å². The number of hydrogen-bond donors (Lipinski definition) is 1. The van der Waals surface area contributed by atoms with Crippen molar-refractivity contribution in [2.75, 3.05) is 39.9 Å². The first kappa shape index (κ1) is 16.0. The number of nitrogens with one attached hydrogen (secondary N) is 1. The smallest absolute Gasteiger partial charge is 0.0587 e. The number of halogens is 1. The molecule has 0 radical (unpaired) electrons. The fraction of sp³-hybridized carbons (Fsp3) is 0.625. The van der Waals surface area contributed by atoms with Crippen LogP contribution in [0.25, 0.3) is 0 Å². The Labute approximate surface area is 130 Å². The lowest BCUT2D eigenvalue weighted by molar-refractivity contribution is 0.168. The average molecular weight is 341 g/mol. The third kappa shape index (κ3) is 5.52. The molecule has 1 aromatic rings. The van der Waals surface area contributed by atoms with Crippen molar-refractivity contribution in [3.05, 3.63) is 34.3 Å². The van der Waals surface area contributed by atoms with Gasteiger partial charge in [-0.2, -0.15) is 0 Å². The van der Waals surface area contributed by atoms with Gasteiger partial charge in [-0.3, -0.25) is 4.90 Å². The third-order valence-electron chi connectivity index (χ3n) is 3.94. The molecule has 1 saturated heterocycles. The number of nitrogens with zero attached hydrogens (tertiary/aromatic N) is 1. The van der Waals surface area contributed by atoms with E-state index in [0.717, 1.165) is 36.6 Å². The van der Waals surface area contributed by atoms with Gasteiger partial charge in [-0.05, 0) is 56.1 Å². The molecule has 1 heterocycles. The number of hydrogen-bond acceptors (Lipinski definition) is 3. The largest absolute Gasteiger partial charge is 0.383 e. The van der Waals surface area contributed by atoms with Gasteiger partial charge in [0.05, 0.1) is 6.61 Å². The Morgan fingerprint density at radius 3 is 2.60 bits per heavy atom. The Kier molecular flexibility index (Phi) is 7.00. The minimum Gasteiger partial charge on any atom is -0.383 e. The van der Waals surface area contributed by atoms with Crippen molar-refractivity contribution in [2.45, 2.75) is 19.4 Å². The zero-order chi connectivity index (χ0) is 14.2. The van der Waals surface area contributed by atoms with Crippen LogP contribution in [-0.2, 0) is 11.3 Å². The summed E-state index contributed by atoms with van der Waals surface area (Å²) in [4.78, 5) is 2.56. The number of piperidine rings is 1. The highest BCUT2D eigenvalue weighted by molar-refractivity contribution is 9.10. The first-order valence-electron chi connectivity index (χ1n) is 7.44. The predicted molar refractivity (Wildman–Crippen MR) is 86.9 cm³/mol. The van der Waals surface area contributed by atoms with Crippen LogP contribution < -0.4 is 5.32 Å². The van der Waals surface area contributed by atoms with E-state index in [-0.39, 0.29) is 0 Å². The second-order valence-electron chi connectivity index (χ2n) is 5.54. The third-order valence-corrected chi connectivity index (χ3v) is 4.47. The quantitative estimate of drug-likeness (QED) is 0.772. The van der Waals surface area contributed by atoms with E-state index in [0.29, 0.717) is 0 Å². The summed E-state index contributed by atoms with van der Waals surface area (Å²) in [5.74, 6) is 0.827. The molecule has 0 aliphatic carbocycles. The molecule has 0 atom stereocenters. The summed E-state index contributed by atoms with van der Waals surface area (Å²) in [5, 5.41) is 3.48. The van der Waals surface area contributed by atoms with E-state index in [1.54, 1.807) is 7.11 Å². The maximum absolute atomic E-state index is 5.05. The van der Waals surface area contributed by atoms with Crippen LogP contribution >= 0.6 is 15.9 Å². The Hall–Kier alpha value is -0.420. The van der Waals surface area contributed by atoms with Gasteiger partial charge in [0.25, 0.3) is 0 Å². The van der Waals surface area contributed by atoms with Gasteiger partial charge >= 0.3 is 0 Å². The minimum absolute atomic E-state index is 0.808. The van der Waals surface area contributed by atoms with Gasteiger partial charge in [0.2, 0.25) is 0 Å². The fourth-order valence-corrected chi connectivity index (χ4v) is 2.94. The summed E-state index contributed by atoms with van der Waals surface area (Å²) in [6.45, 7) is 6.42. The molecule has 1 fully saturated rings. The summed E-state index contributed by atoms with van der Waals surface area (Å²) in [5.41, 5.74) is 1.41. The topological polar surface area (TPSA) is 24.5 Å². The van der Waals surface area contributed by atoms with Gasteiger partial charge in [0.15, 0.2) is 0 Å². The van der Waals surface area contributed by atoms with E-state index in [4.69, 9.17) is 4.74 Å². The van der Waals surface area contributed by atoms with Crippen molar-refractivity contribution in [1.82, 2.24) is 10.2 Å². The monoisotopic (exact) mass is 340 g/mol. The Morgan fingerprint density at radius 2 is 1.95 bits per heavy atom. The van der Waals surface area contributed by atoms with Crippen molar-refractivity contribution in [2.24, 2.45) is 5.92 Å². The second-order valence-corrected chi connectivity index (χ2v) is 6.46. The van der Waals surface area contributed by atoms with Crippen LogP contribution in [-0.4, -0.2) is 44.8 Å². The van der Waals surface area contributed by atoms with E-state index in [2.05, 4.69) is 50.4 Å². The molecule has 3 nitrogen and oxygen atoms in total. The van der Waals surface area contributed by atoms with Crippen LogP contribution in [0.1, 0.15) is 18.4 Å². The minimum atomic E-state index is 0.808. The lowest BCUT2D eigenvalue weighted by atomic mass is 9.96. The Bertz CT molecular complexity index is 375. The Morgan fingerprint density at radius 1 is 1.25 bits per heavy atom. The van der Waals surface area contributed by atoms with Crippen LogP contribution in [0.15, 0.2) is 28.7 Å². The first-order chi connectivity index (χ1) is 9.78. The molecule has 0 aromatic heterocycles. The van der Waals surface area contributed by atoms with Crippen LogP contribution in [0.3, 0.4) is 0 Å². The molecule has 0 unspecified atom stereocenters. The standard InChI is InChI=1S/C16H25BrN2O/c1-20-11-8-18-12-14-6-9-19(10-7-14)13-15-2-4-16(17)5-3-15/h2-5,14,18H,6-13H2,1H3. The number of benzene rings is 1. The maximum atomic E-state index is 5.05. The van der Waals surface area contributed by atoms with Gasteiger partial charge in [-0.25, -0.2) is 0 Å². The molecule has 0 saturated carbocycles. The number of ether oxygens (including phenoxy) is 1. The summed E-state index contributed by atoms with van der Waals surface area (Å²) in [7, 11) is 1.75. The molecule has 1 N–H and O–H groups in total. The summed E-state index contributed by atoms with van der Waals surface area (Å²) in [6, 6.07) is 8.68. The molecule has 4 heteroatoms. The van der Waals surface area contributed by atoms with Crippen molar-refractivity contribution in [1.29, 1.82) is 0 Å². The highest BCUT2D eigenvalue weighted by Crippen LogP contribution is 2.19. The van der Waals surface area contributed by atoms with E-state index in [1.165, 1.54) is 31.5 Å². The highest BCUT2D eigenvalue weighted by atomic mass is 79.9. The average Bonchev–Trinajstić information content (AvgIpc) is 2.48. The lowest BCUT2D eigenvalue weighted by Crippen LogP contribution is -2.37. The molecular weight excluding hydrogens is 316 g/mol. The van der Waals surface area contributed by atoms with Crippen LogP contribution in [0.4, 0.5) is 0 Å².